The maximum absolute atomic E-state index is 6.63. The van der Waals surface area contributed by atoms with Gasteiger partial charge < -0.3 is 17.0 Å². The van der Waals surface area contributed by atoms with E-state index in [1.54, 1.807) is 0 Å². The van der Waals surface area contributed by atoms with E-state index in [2.05, 4.69) is 70.7 Å². The lowest BCUT2D eigenvalue weighted by Gasteiger charge is -2.04. The minimum Gasteiger partial charge on any atom is -1.00 e. The summed E-state index contributed by atoms with van der Waals surface area (Å²) in [7, 11) is 0. The van der Waals surface area contributed by atoms with Gasteiger partial charge in [-0.15, -0.1) is 0 Å². The zero-order valence-electron chi connectivity index (χ0n) is 19.2. The van der Waals surface area contributed by atoms with Crippen LogP contribution in [0.3, 0.4) is 0 Å². The van der Waals surface area contributed by atoms with Crippen molar-refractivity contribution in [1.29, 1.82) is 0 Å². The minimum atomic E-state index is 0. The molecule has 2 N–H and O–H groups in total. The number of rotatable bonds is 14. The van der Waals surface area contributed by atoms with Gasteiger partial charge >= 0.3 is 5.95 Å². The zero-order chi connectivity index (χ0) is 21.0. The van der Waals surface area contributed by atoms with E-state index >= 15 is 0 Å². The highest BCUT2D eigenvalue weighted by molar-refractivity contribution is 5.73. The van der Waals surface area contributed by atoms with Gasteiger partial charge in [0.2, 0.25) is 0 Å². The van der Waals surface area contributed by atoms with Crippen LogP contribution in [-0.2, 0) is 19.5 Å². The van der Waals surface area contributed by atoms with Crippen LogP contribution in [0.15, 0.2) is 54.6 Å². The third kappa shape index (κ3) is 7.68. The first-order chi connectivity index (χ1) is 14.8. The molecule has 3 nitrogen and oxygen atoms in total. The fourth-order valence-corrected chi connectivity index (χ4v) is 4.43. The number of para-hydroxylation sites is 2. The first kappa shape index (κ1) is 25.5. The van der Waals surface area contributed by atoms with Crippen LogP contribution in [0.1, 0.15) is 76.7 Å². The average Bonchev–Trinajstić information content (AvgIpc) is 3.05. The molecule has 0 spiro atoms. The Morgan fingerprint density at radius 1 is 0.742 bits per heavy atom. The number of anilines is 1. The maximum Gasteiger partial charge on any atom is 0.356 e. The number of nitrogens with two attached hydrogens (primary N) is 1. The molecule has 2 aromatic carbocycles. The number of nitrogen functional groups attached to an aromatic ring is 1. The van der Waals surface area contributed by atoms with Crippen molar-refractivity contribution in [1.82, 2.24) is 4.57 Å². The molecule has 0 aliphatic carbocycles. The van der Waals surface area contributed by atoms with Gasteiger partial charge in [0.05, 0.1) is 13.1 Å². The summed E-state index contributed by atoms with van der Waals surface area (Å²) in [4.78, 5) is 0. The van der Waals surface area contributed by atoms with Gasteiger partial charge in [-0.2, -0.15) is 0 Å². The van der Waals surface area contributed by atoms with Gasteiger partial charge in [0.1, 0.15) is 11.0 Å². The Balaban J connectivity index is 0.00000341. The molecule has 3 rings (SSSR count). The lowest BCUT2D eigenvalue weighted by atomic mass is 10.1. The quantitative estimate of drug-likeness (QED) is 0.274. The topological polar surface area (TPSA) is 34.8 Å². The number of benzene rings is 2. The third-order valence-corrected chi connectivity index (χ3v) is 6.22. The van der Waals surface area contributed by atoms with Crippen molar-refractivity contribution in [2.24, 2.45) is 0 Å². The molecule has 0 atom stereocenters. The maximum atomic E-state index is 6.63. The van der Waals surface area contributed by atoms with Crippen molar-refractivity contribution in [2.45, 2.75) is 90.6 Å². The fourth-order valence-electron chi connectivity index (χ4n) is 4.43. The molecule has 1 aromatic heterocycles. The number of fused-ring (bicyclic) bond motifs is 1. The molecule has 3 aromatic rings. The largest absolute Gasteiger partial charge is 1.00 e. The summed E-state index contributed by atoms with van der Waals surface area (Å²) in [6.07, 6.45) is 14.6. The molecule has 0 unspecified atom stereocenters. The Hall–Kier alpha value is -1.81. The van der Waals surface area contributed by atoms with Gasteiger partial charge in [-0.05, 0) is 24.1 Å². The monoisotopic (exact) mass is 485 g/mol. The highest BCUT2D eigenvalue weighted by atomic mass is 79.9. The Bertz CT molecular complexity index is 873. The van der Waals surface area contributed by atoms with Crippen molar-refractivity contribution in [3.8, 4) is 0 Å². The van der Waals surface area contributed by atoms with E-state index in [9.17, 15) is 0 Å². The minimum absolute atomic E-state index is 0. The Kier molecular flexibility index (Phi) is 11.7. The Morgan fingerprint density at radius 2 is 1.32 bits per heavy atom. The summed E-state index contributed by atoms with van der Waals surface area (Å²) in [5, 5.41) is 0. The van der Waals surface area contributed by atoms with E-state index in [-0.39, 0.29) is 17.0 Å². The standard InChI is InChI=1S/C27H39N3.BrH/c1-2-3-4-5-6-7-8-9-10-16-22-29-25-19-14-15-20-26(25)30(27(29)28)23-21-24-17-12-11-13-18-24;/h11-15,17-20,28H,2-10,16,21-23H2,1H3;1H. The van der Waals surface area contributed by atoms with E-state index in [0.717, 1.165) is 25.5 Å². The third-order valence-electron chi connectivity index (χ3n) is 6.22. The van der Waals surface area contributed by atoms with Crippen molar-refractivity contribution >= 4 is 17.0 Å². The van der Waals surface area contributed by atoms with Crippen molar-refractivity contribution in [3.63, 3.8) is 0 Å². The van der Waals surface area contributed by atoms with E-state index in [4.69, 9.17) is 5.73 Å². The number of aryl methyl sites for hydroxylation is 3. The van der Waals surface area contributed by atoms with Crippen LogP contribution in [-0.4, -0.2) is 4.57 Å². The Labute approximate surface area is 199 Å². The second-order valence-corrected chi connectivity index (χ2v) is 8.57. The van der Waals surface area contributed by atoms with Crippen molar-refractivity contribution < 1.29 is 21.5 Å². The molecule has 0 saturated carbocycles. The number of imidazole rings is 1. The predicted octanol–water partition coefficient (Wildman–Crippen LogP) is 3.68. The number of aromatic nitrogens is 2. The molecule has 0 amide bonds. The number of hydrogen-bond donors (Lipinski definition) is 1. The number of nitrogens with zero attached hydrogens (tertiary/aromatic N) is 2. The molecule has 0 fully saturated rings. The lowest BCUT2D eigenvalue weighted by Crippen LogP contribution is -3.00. The molecule has 4 heteroatoms. The van der Waals surface area contributed by atoms with E-state index in [1.165, 1.54) is 80.8 Å². The normalized spacial score (nSPS) is 11.0. The number of hydrogen-bond acceptors (Lipinski definition) is 1. The molecule has 1 heterocycles. The summed E-state index contributed by atoms with van der Waals surface area (Å²) in [5.41, 5.74) is 10.5. The lowest BCUT2D eigenvalue weighted by molar-refractivity contribution is -0.657. The smallest absolute Gasteiger partial charge is 0.356 e. The highest BCUT2D eigenvalue weighted by Crippen LogP contribution is 2.18. The molecular formula is C27H40BrN3. The van der Waals surface area contributed by atoms with Gasteiger partial charge in [0.25, 0.3) is 0 Å². The summed E-state index contributed by atoms with van der Waals surface area (Å²) >= 11 is 0. The van der Waals surface area contributed by atoms with Crippen molar-refractivity contribution in [2.75, 3.05) is 5.73 Å². The van der Waals surface area contributed by atoms with Gasteiger partial charge in [0, 0.05) is 6.42 Å². The Morgan fingerprint density at radius 3 is 2.00 bits per heavy atom. The van der Waals surface area contributed by atoms with E-state index in [0.29, 0.717) is 0 Å². The number of halogens is 1. The second-order valence-electron chi connectivity index (χ2n) is 8.57. The van der Waals surface area contributed by atoms with Crippen LogP contribution < -0.4 is 27.3 Å². The molecule has 0 aliphatic heterocycles. The van der Waals surface area contributed by atoms with Crippen LogP contribution >= 0.6 is 0 Å². The van der Waals surface area contributed by atoms with Gasteiger partial charge in [-0.1, -0.05) is 107 Å². The predicted molar refractivity (Wildman–Crippen MR) is 129 cm³/mol. The first-order valence-corrected chi connectivity index (χ1v) is 12.1. The van der Waals surface area contributed by atoms with Crippen LogP contribution in [0.4, 0.5) is 5.95 Å². The van der Waals surface area contributed by atoms with Crippen LogP contribution in [0, 0.1) is 0 Å². The summed E-state index contributed by atoms with van der Waals surface area (Å²) in [6.45, 7) is 4.22. The summed E-state index contributed by atoms with van der Waals surface area (Å²) in [6, 6.07) is 19.3. The first-order valence-electron chi connectivity index (χ1n) is 12.1. The fraction of sp³-hybridized carbons (Fsp3) is 0.519. The summed E-state index contributed by atoms with van der Waals surface area (Å²) < 4.78 is 4.61. The molecule has 31 heavy (non-hydrogen) atoms. The van der Waals surface area contributed by atoms with Gasteiger partial charge in [-0.25, -0.2) is 9.13 Å². The summed E-state index contributed by atoms with van der Waals surface area (Å²) in [5.74, 6) is 0.892. The molecule has 170 valence electrons. The van der Waals surface area contributed by atoms with Crippen molar-refractivity contribution in [3.05, 3.63) is 60.2 Å². The van der Waals surface area contributed by atoms with E-state index in [1.807, 2.05) is 0 Å². The molecular weight excluding hydrogens is 446 g/mol. The van der Waals surface area contributed by atoms with Crippen LogP contribution in [0.5, 0.6) is 0 Å². The van der Waals surface area contributed by atoms with Gasteiger partial charge in [0.15, 0.2) is 0 Å². The highest BCUT2D eigenvalue weighted by Gasteiger charge is 2.20. The average molecular weight is 487 g/mol. The number of unbranched alkanes of at least 4 members (excludes halogenated alkanes) is 9. The molecule has 0 aliphatic rings. The SMILES string of the molecule is CCCCCCCCCCCC[n+]1c(N)n(CCc2ccccc2)c2ccccc21.[Br-]. The van der Waals surface area contributed by atoms with Crippen LogP contribution in [0.2, 0.25) is 0 Å². The molecule has 0 bridgehead atoms. The zero-order valence-corrected chi connectivity index (χ0v) is 20.8. The van der Waals surface area contributed by atoms with Gasteiger partial charge in [-0.3, -0.25) is 5.73 Å². The van der Waals surface area contributed by atoms with Crippen LogP contribution in [0.25, 0.3) is 11.0 Å². The molecule has 0 radical (unpaired) electrons. The molecule has 0 saturated heterocycles. The van der Waals surface area contributed by atoms with E-state index < -0.39 is 0 Å². The second kappa shape index (κ2) is 14.3.